The Balaban J connectivity index is 0.000000637. The molecule has 0 spiro atoms. The van der Waals surface area contributed by atoms with Crippen molar-refractivity contribution in [3.8, 4) is 5.88 Å². The van der Waals surface area contributed by atoms with Crippen LogP contribution in [0.4, 0.5) is 0 Å². The van der Waals surface area contributed by atoms with Crippen molar-refractivity contribution in [1.82, 2.24) is 4.98 Å². The van der Waals surface area contributed by atoms with E-state index in [0.29, 0.717) is 0 Å². The zero-order valence-electron chi connectivity index (χ0n) is 11.9. The minimum atomic E-state index is 0.167. The Hall–Kier alpha value is -1.83. The highest BCUT2D eigenvalue weighted by Crippen LogP contribution is 2.34. The number of aryl methyl sites for hydroxylation is 2. The summed E-state index contributed by atoms with van der Waals surface area (Å²) < 4.78 is 5.97. The van der Waals surface area contributed by atoms with Gasteiger partial charge in [-0.2, -0.15) is 0 Å². The minimum Gasteiger partial charge on any atom is -0.469 e. The Kier molecular flexibility index (Phi) is 4.56. The first-order chi connectivity index (χ1) is 9.33. The molecule has 0 fully saturated rings. The lowest BCUT2D eigenvalue weighted by atomic mass is 10.1. The summed E-state index contributed by atoms with van der Waals surface area (Å²) >= 11 is 0. The van der Waals surface area contributed by atoms with Gasteiger partial charge in [-0.25, -0.2) is 4.98 Å². The first-order valence-corrected chi connectivity index (χ1v) is 7.01. The van der Waals surface area contributed by atoms with Crippen LogP contribution in [0.5, 0.6) is 5.88 Å². The molecule has 0 aliphatic heterocycles. The second-order valence-electron chi connectivity index (χ2n) is 4.46. The van der Waals surface area contributed by atoms with Gasteiger partial charge in [0.2, 0.25) is 5.88 Å². The molecule has 0 saturated carbocycles. The molecule has 2 nitrogen and oxygen atoms in total. The monoisotopic (exact) mass is 255 g/mol. The summed E-state index contributed by atoms with van der Waals surface area (Å²) in [6.07, 6.45) is 2.32. The van der Waals surface area contributed by atoms with E-state index in [0.717, 1.165) is 24.4 Å². The molecule has 0 amide bonds. The van der Waals surface area contributed by atoms with Crippen molar-refractivity contribution >= 4 is 0 Å². The number of hydrogen-bond donors (Lipinski definition) is 0. The molecule has 1 aromatic carbocycles. The molecule has 0 radical (unpaired) electrons. The van der Waals surface area contributed by atoms with Crippen molar-refractivity contribution in [2.24, 2.45) is 0 Å². The van der Waals surface area contributed by atoms with Gasteiger partial charge >= 0.3 is 0 Å². The SMILES string of the molecule is CC.Cc1cccc(OC2CCc3ccccc32)n1. The van der Waals surface area contributed by atoms with Gasteiger partial charge in [0.1, 0.15) is 6.10 Å². The summed E-state index contributed by atoms with van der Waals surface area (Å²) in [5.74, 6) is 0.728. The maximum atomic E-state index is 5.97. The Labute approximate surface area is 115 Å². The number of aromatic nitrogens is 1. The quantitative estimate of drug-likeness (QED) is 0.789. The lowest BCUT2D eigenvalue weighted by Gasteiger charge is -2.14. The van der Waals surface area contributed by atoms with E-state index in [4.69, 9.17) is 4.74 Å². The van der Waals surface area contributed by atoms with Gasteiger partial charge in [0.25, 0.3) is 0 Å². The lowest BCUT2D eigenvalue weighted by Crippen LogP contribution is -2.04. The highest BCUT2D eigenvalue weighted by Gasteiger charge is 2.23. The zero-order valence-corrected chi connectivity index (χ0v) is 11.9. The van der Waals surface area contributed by atoms with Crippen LogP contribution < -0.4 is 4.74 Å². The molecule has 19 heavy (non-hydrogen) atoms. The molecule has 0 saturated heterocycles. The van der Waals surface area contributed by atoms with E-state index in [1.807, 2.05) is 39.0 Å². The van der Waals surface area contributed by atoms with Crippen molar-refractivity contribution < 1.29 is 4.74 Å². The third kappa shape index (κ3) is 3.14. The molecule has 1 heterocycles. The van der Waals surface area contributed by atoms with Crippen molar-refractivity contribution in [1.29, 1.82) is 0 Å². The highest BCUT2D eigenvalue weighted by molar-refractivity contribution is 5.34. The molecule has 2 heteroatoms. The fraction of sp³-hybridized carbons (Fsp3) is 0.353. The Morgan fingerprint density at radius 1 is 1.05 bits per heavy atom. The Bertz CT molecular complexity index is 536. The van der Waals surface area contributed by atoms with E-state index in [1.165, 1.54) is 11.1 Å². The van der Waals surface area contributed by atoms with E-state index in [9.17, 15) is 0 Å². The largest absolute Gasteiger partial charge is 0.469 e. The first kappa shape index (κ1) is 13.6. The molecule has 100 valence electrons. The maximum Gasteiger partial charge on any atom is 0.214 e. The van der Waals surface area contributed by atoms with E-state index < -0.39 is 0 Å². The van der Waals surface area contributed by atoms with Crippen LogP contribution >= 0.6 is 0 Å². The zero-order chi connectivity index (χ0) is 13.7. The smallest absolute Gasteiger partial charge is 0.214 e. The van der Waals surface area contributed by atoms with Crippen LogP contribution in [0.3, 0.4) is 0 Å². The van der Waals surface area contributed by atoms with Crippen molar-refractivity contribution in [2.75, 3.05) is 0 Å². The van der Waals surface area contributed by atoms with E-state index in [1.54, 1.807) is 0 Å². The summed E-state index contributed by atoms with van der Waals surface area (Å²) in [5, 5.41) is 0. The van der Waals surface area contributed by atoms with Gasteiger partial charge in [-0.15, -0.1) is 0 Å². The third-order valence-electron chi connectivity index (χ3n) is 3.20. The second kappa shape index (κ2) is 6.37. The Morgan fingerprint density at radius 3 is 2.63 bits per heavy atom. The summed E-state index contributed by atoms with van der Waals surface area (Å²) in [7, 11) is 0. The molecule has 2 aromatic rings. The molecule has 3 rings (SSSR count). The van der Waals surface area contributed by atoms with E-state index in [-0.39, 0.29) is 6.10 Å². The fourth-order valence-corrected chi connectivity index (χ4v) is 2.37. The van der Waals surface area contributed by atoms with Gasteiger partial charge in [-0.3, -0.25) is 0 Å². The molecule has 1 unspecified atom stereocenters. The molecule has 0 N–H and O–H groups in total. The molecule has 1 aliphatic rings. The van der Waals surface area contributed by atoms with Gasteiger partial charge in [0.15, 0.2) is 0 Å². The van der Waals surface area contributed by atoms with Crippen LogP contribution in [0, 0.1) is 6.92 Å². The van der Waals surface area contributed by atoms with E-state index in [2.05, 4.69) is 29.2 Å². The Morgan fingerprint density at radius 2 is 1.84 bits per heavy atom. The maximum absolute atomic E-state index is 5.97. The predicted molar refractivity (Wildman–Crippen MR) is 78.5 cm³/mol. The minimum absolute atomic E-state index is 0.167. The van der Waals surface area contributed by atoms with Gasteiger partial charge in [0.05, 0.1) is 0 Å². The first-order valence-electron chi connectivity index (χ1n) is 7.01. The van der Waals surface area contributed by atoms with Crippen LogP contribution in [-0.4, -0.2) is 4.98 Å². The standard InChI is InChI=1S/C15H15NO.C2H6/c1-11-5-4-8-15(16-11)17-14-10-9-12-6-2-3-7-13(12)14;1-2/h2-8,14H,9-10H2,1H3;1-2H3. The number of fused-ring (bicyclic) bond motifs is 1. The summed E-state index contributed by atoms with van der Waals surface area (Å²) in [5.41, 5.74) is 3.72. The topological polar surface area (TPSA) is 22.1 Å². The summed E-state index contributed by atoms with van der Waals surface area (Å²) in [6.45, 7) is 5.98. The normalized spacial score (nSPS) is 16.3. The van der Waals surface area contributed by atoms with Crippen molar-refractivity contribution in [2.45, 2.75) is 39.7 Å². The van der Waals surface area contributed by atoms with Crippen LogP contribution in [0.2, 0.25) is 0 Å². The molecular formula is C17H21NO. The number of pyridine rings is 1. The molecule has 0 bridgehead atoms. The van der Waals surface area contributed by atoms with Crippen LogP contribution in [0.15, 0.2) is 42.5 Å². The third-order valence-corrected chi connectivity index (χ3v) is 3.20. The van der Waals surface area contributed by atoms with Gasteiger partial charge in [-0.1, -0.05) is 44.2 Å². The highest BCUT2D eigenvalue weighted by atomic mass is 16.5. The number of nitrogens with zero attached hydrogens (tertiary/aromatic N) is 1. The lowest BCUT2D eigenvalue weighted by molar-refractivity contribution is 0.198. The summed E-state index contributed by atoms with van der Waals surface area (Å²) in [4.78, 5) is 4.39. The van der Waals surface area contributed by atoms with Crippen molar-refractivity contribution in [3.63, 3.8) is 0 Å². The average molecular weight is 255 g/mol. The van der Waals surface area contributed by atoms with Gasteiger partial charge < -0.3 is 4.74 Å². The van der Waals surface area contributed by atoms with Crippen molar-refractivity contribution in [3.05, 3.63) is 59.3 Å². The van der Waals surface area contributed by atoms with E-state index >= 15 is 0 Å². The fourth-order valence-electron chi connectivity index (χ4n) is 2.37. The summed E-state index contributed by atoms with van der Waals surface area (Å²) in [6, 6.07) is 14.4. The average Bonchev–Trinajstić information content (AvgIpc) is 2.85. The predicted octanol–water partition coefficient (Wildman–Crippen LogP) is 4.48. The molecule has 1 aliphatic carbocycles. The number of rotatable bonds is 2. The second-order valence-corrected chi connectivity index (χ2v) is 4.46. The van der Waals surface area contributed by atoms with Crippen LogP contribution in [-0.2, 0) is 6.42 Å². The van der Waals surface area contributed by atoms with Gasteiger partial charge in [-0.05, 0) is 37.0 Å². The molecule has 1 aromatic heterocycles. The van der Waals surface area contributed by atoms with Gasteiger partial charge in [0, 0.05) is 11.8 Å². The molecular weight excluding hydrogens is 234 g/mol. The van der Waals surface area contributed by atoms with Crippen LogP contribution in [0.25, 0.3) is 0 Å². The number of hydrogen-bond acceptors (Lipinski definition) is 2. The van der Waals surface area contributed by atoms with Crippen LogP contribution in [0.1, 0.15) is 43.2 Å². The molecule has 1 atom stereocenters. The number of ether oxygens (including phenoxy) is 1. The number of benzene rings is 1.